The molecule has 3 rings (SSSR count). The van der Waals surface area contributed by atoms with Crippen LogP contribution in [-0.2, 0) is 11.3 Å². The van der Waals surface area contributed by atoms with E-state index in [1.165, 1.54) is 0 Å². The van der Waals surface area contributed by atoms with E-state index < -0.39 is 5.97 Å². The lowest BCUT2D eigenvalue weighted by Crippen LogP contribution is -2.02. The van der Waals surface area contributed by atoms with Crippen LogP contribution in [-0.4, -0.2) is 12.6 Å². The molecule has 112 valence electrons. The molecule has 0 fully saturated rings. The molecule has 0 spiro atoms. The number of hydrogen-bond acceptors (Lipinski definition) is 4. The van der Waals surface area contributed by atoms with Crippen LogP contribution in [0.4, 0.5) is 0 Å². The summed E-state index contributed by atoms with van der Waals surface area (Å²) in [7, 11) is 0. The van der Waals surface area contributed by atoms with Gasteiger partial charge in [0.25, 0.3) is 0 Å². The Balaban J connectivity index is 1.85. The van der Waals surface area contributed by atoms with E-state index in [1.807, 2.05) is 48.5 Å². The topological polar surface area (TPSA) is 48.7 Å². The summed E-state index contributed by atoms with van der Waals surface area (Å²) in [5.74, 6) is 0.331. The van der Waals surface area contributed by atoms with Gasteiger partial charge in [-0.1, -0.05) is 42.5 Å². The van der Waals surface area contributed by atoms with Crippen molar-refractivity contribution in [2.75, 3.05) is 6.61 Å². The average molecular weight is 296 g/mol. The Bertz CT molecular complexity index is 774. The molecule has 3 aromatic rings. The van der Waals surface area contributed by atoms with Gasteiger partial charge in [0.05, 0.1) is 6.61 Å². The molecule has 0 aliphatic rings. The molecule has 1 heterocycles. The highest BCUT2D eigenvalue weighted by Gasteiger charge is 2.15. The number of para-hydroxylation sites is 1. The smallest absolute Gasteiger partial charge is 0.374 e. The monoisotopic (exact) mass is 296 g/mol. The fraction of sp³-hybridized carbons (Fsp3) is 0.167. The van der Waals surface area contributed by atoms with Crippen LogP contribution in [0.5, 0.6) is 5.75 Å². The SMILES string of the molecule is CCOC(=O)c1cc2cccc(OCc3ccccc3)c2o1. The van der Waals surface area contributed by atoms with Crippen LogP contribution in [0, 0.1) is 0 Å². The Morgan fingerprint density at radius 1 is 1.09 bits per heavy atom. The van der Waals surface area contributed by atoms with Crippen LogP contribution in [0.15, 0.2) is 59.0 Å². The van der Waals surface area contributed by atoms with Crippen LogP contribution in [0.2, 0.25) is 0 Å². The van der Waals surface area contributed by atoms with Crippen LogP contribution in [0.25, 0.3) is 11.0 Å². The van der Waals surface area contributed by atoms with Gasteiger partial charge in [-0.3, -0.25) is 0 Å². The molecule has 0 aliphatic carbocycles. The minimum absolute atomic E-state index is 0.188. The first kappa shape index (κ1) is 14.2. The van der Waals surface area contributed by atoms with E-state index in [-0.39, 0.29) is 5.76 Å². The van der Waals surface area contributed by atoms with Gasteiger partial charge in [0.1, 0.15) is 6.61 Å². The molecule has 22 heavy (non-hydrogen) atoms. The van der Waals surface area contributed by atoms with Crippen molar-refractivity contribution in [3.05, 3.63) is 65.9 Å². The third kappa shape index (κ3) is 2.96. The first-order valence-corrected chi connectivity index (χ1v) is 7.14. The molecule has 0 radical (unpaired) electrons. The quantitative estimate of drug-likeness (QED) is 0.662. The number of carbonyl (C=O) groups is 1. The Kier molecular flexibility index (Phi) is 4.10. The molecule has 0 N–H and O–H groups in total. The molecule has 4 heteroatoms. The molecule has 0 saturated carbocycles. The molecule has 1 aromatic heterocycles. The highest BCUT2D eigenvalue weighted by atomic mass is 16.5. The van der Waals surface area contributed by atoms with Gasteiger partial charge in [0, 0.05) is 5.39 Å². The van der Waals surface area contributed by atoms with Gasteiger partial charge in [-0.15, -0.1) is 0 Å². The predicted molar refractivity (Wildman–Crippen MR) is 82.9 cm³/mol. The lowest BCUT2D eigenvalue weighted by atomic mass is 10.2. The van der Waals surface area contributed by atoms with E-state index in [0.717, 1.165) is 10.9 Å². The van der Waals surface area contributed by atoms with E-state index in [2.05, 4.69) is 0 Å². The first-order valence-electron chi connectivity index (χ1n) is 7.14. The highest BCUT2D eigenvalue weighted by Crippen LogP contribution is 2.29. The van der Waals surface area contributed by atoms with Gasteiger partial charge in [-0.25, -0.2) is 4.79 Å². The molecule has 0 atom stereocenters. The van der Waals surface area contributed by atoms with Crippen molar-refractivity contribution in [2.24, 2.45) is 0 Å². The number of esters is 1. The van der Waals surface area contributed by atoms with Gasteiger partial charge < -0.3 is 13.9 Å². The van der Waals surface area contributed by atoms with E-state index in [4.69, 9.17) is 13.9 Å². The summed E-state index contributed by atoms with van der Waals surface area (Å²) < 4.78 is 16.4. The summed E-state index contributed by atoms with van der Waals surface area (Å²) >= 11 is 0. The number of ether oxygens (including phenoxy) is 2. The largest absolute Gasteiger partial charge is 0.485 e. The number of furan rings is 1. The van der Waals surface area contributed by atoms with Gasteiger partial charge in [-0.05, 0) is 24.6 Å². The summed E-state index contributed by atoms with van der Waals surface area (Å²) in [5, 5.41) is 0.814. The second-order valence-corrected chi connectivity index (χ2v) is 4.78. The minimum atomic E-state index is -0.465. The van der Waals surface area contributed by atoms with Gasteiger partial charge in [0.15, 0.2) is 11.3 Å². The number of rotatable bonds is 5. The Labute approximate surface area is 128 Å². The second kappa shape index (κ2) is 6.35. The molecule has 4 nitrogen and oxygen atoms in total. The van der Waals surface area contributed by atoms with Crippen LogP contribution < -0.4 is 4.74 Å². The first-order chi connectivity index (χ1) is 10.8. The standard InChI is InChI=1S/C18H16O4/c1-2-20-18(19)16-11-14-9-6-10-15(17(14)22-16)21-12-13-7-4-3-5-8-13/h3-11H,2,12H2,1H3. The van der Waals surface area contributed by atoms with Crippen LogP contribution >= 0.6 is 0 Å². The molecule has 0 amide bonds. The zero-order valence-corrected chi connectivity index (χ0v) is 12.2. The molecule has 2 aromatic carbocycles. The summed E-state index contributed by atoms with van der Waals surface area (Å²) in [4.78, 5) is 11.7. The van der Waals surface area contributed by atoms with Gasteiger partial charge in [0.2, 0.25) is 5.76 Å². The maximum atomic E-state index is 11.7. The molecule has 0 saturated heterocycles. The number of carbonyl (C=O) groups excluding carboxylic acids is 1. The van der Waals surface area contributed by atoms with E-state index in [9.17, 15) is 4.79 Å². The fourth-order valence-corrected chi connectivity index (χ4v) is 2.19. The summed E-state index contributed by atoms with van der Waals surface area (Å²) in [6, 6.07) is 17.1. The van der Waals surface area contributed by atoms with E-state index >= 15 is 0 Å². The predicted octanol–water partition coefficient (Wildman–Crippen LogP) is 4.19. The molecular formula is C18H16O4. The Hall–Kier alpha value is -2.75. The van der Waals surface area contributed by atoms with Crippen LogP contribution in [0.3, 0.4) is 0 Å². The Morgan fingerprint density at radius 2 is 1.91 bits per heavy atom. The average Bonchev–Trinajstić information content (AvgIpc) is 2.99. The van der Waals surface area contributed by atoms with Crippen molar-refractivity contribution < 1.29 is 18.7 Å². The summed E-state index contributed by atoms with van der Waals surface area (Å²) in [6.07, 6.45) is 0. The number of fused-ring (bicyclic) bond motifs is 1. The van der Waals surface area contributed by atoms with Gasteiger partial charge in [-0.2, -0.15) is 0 Å². The third-order valence-corrected chi connectivity index (χ3v) is 3.22. The van der Waals surface area contributed by atoms with Gasteiger partial charge >= 0.3 is 5.97 Å². The second-order valence-electron chi connectivity index (χ2n) is 4.78. The van der Waals surface area contributed by atoms with Crippen LogP contribution in [0.1, 0.15) is 23.0 Å². The molecule has 0 bridgehead atoms. The molecule has 0 aliphatic heterocycles. The zero-order valence-electron chi connectivity index (χ0n) is 12.2. The fourth-order valence-electron chi connectivity index (χ4n) is 2.19. The summed E-state index contributed by atoms with van der Waals surface area (Å²) in [5.41, 5.74) is 1.62. The van der Waals surface area contributed by atoms with Crippen molar-refractivity contribution in [3.8, 4) is 5.75 Å². The van der Waals surface area contributed by atoms with E-state index in [0.29, 0.717) is 24.5 Å². The van der Waals surface area contributed by atoms with Crippen molar-refractivity contribution >= 4 is 16.9 Å². The number of benzene rings is 2. The maximum absolute atomic E-state index is 11.7. The highest BCUT2D eigenvalue weighted by molar-refractivity contribution is 5.94. The maximum Gasteiger partial charge on any atom is 0.374 e. The lowest BCUT2D eigenvalue weighted by molar-refractivity contribution is 0.0492. The Morgan fingerprint density at radius 3 is 2.68 bits per heavy atom. The van der Waals surface area contributed by atoms with E-state index in [1.54, 1.807) is 13.0 Å². The van der Waals surface area contributed by atoms with Crippen molar-refractivity contribution in [2.45, 2.75) is 13.5 Å². The van der Waals surface area contributed by atoms with Crippen molar-refractivity contribution in [1.29, 1.82) is 0 Å². The van der Waals surface area contributed by atoms with Crippen molar-refractivity contribution in [1.82, 2.24) is 0 Å². The summed E-state index contributed by atoms with van der Waals surface area (Å²) in [6.45, 7) is 2.51. The molecular weight excluding hydrogens is 280 g/mol. The lowest BCUT2D eigenvalue weighted by Gasteiger charge is -2.06. The normalized spacial score (nSPS) is 10.6. The zero-order chi connectivity index (χ0) is 15.4. The van der Waals surface area contributed by atoms with Crippen molar-refractivity contribution in [3.63, 3.8) is 0 Å². The molecule has 0 unspecified atom stereocenters. The minimum Gasteiger partial charge on any atom is -0.485 e. The number of hydrogen-bond donors (Lipinski definition) is 0. The third-order valence-electron chi connectivity index (χ3n) is 3.22.